The summed E-state index contributed by atoms with van der Waals surface area (Å²) in [4.78, 5) is 11.0. The van der Waals surface area contributed by atoms with Gasteiger partial charge >= 0.3 is 0 Å². The Kier molecular flexibility index (Phi) is 3.70. The summed E-state index contributed by atoms with van der Waals surface area (Å²) in [6.45, 7) is 1.97. The van der Waals surface area contributed by atoms with Crippen molar-refractivity contribution in [1.82, 2.24) is 15.0 Å². The van der Waals surface area contributed by atoms with E-state index in [-0.39, 0.29) is 0 Å². The van der Waals surface area contributed by atoms with Crippen LogP contribution in [0, 0.1) is 6.92 Å². The van der Waals surface area contributed by atoms with Gasteiger partial charge in [0.1, 0.15) is 0 Å². The molecule has 0 radical (unpaired) electrons. The molecule has 3 nitrogen and oxygen atoms in total. The van der Waals surface area contributed by atoms with Gasteiger partial charge in [0.25, 0.3) is 0 Å². The van der Waals surface area contributed by atoms with Gasteiger partial charge in [-0.05, 0) is 44.2 Å². The molecule has 2 aromatic rings. The first-order chi connectivity index (χ1) is 7.86. The van der Waals surface area contributed by atoms with Crippen LogP contribution in [0.15, 0.2) is 30.9 Å². The molecule has 0 amide bonds. The maximum atomic E-state index is 4.32. The van der Waals surface area contributed by atoms with Gasteiger partial charge in [0, 0.05) is 23.8 Å². The third-order valence-corrected chi connectivity index (χ3v) is 2.73. The van der Waals surface area contributed by atoms with Crippen LogP contribution < -0.4 is 0 Å². The Hall–Kier alpha value is -1.64. The van der Waals surface area contributed by atoms with Crippen molar-refractivity contribution < 1.29 is 0 Å². The van der Waals surface area contributed by atoms with Crippen molar-refractivity contribution >= 4 is 0 Å². The van der Waals surface area contributed by atoms with Gasteiger partial charge in [-0.15, -0.1) is 0 Å². The van der Waals surface area contributed by atoms with E-state index in [2.05, 4.69) is 21.0 Å². The highest BCUT2D eigenvalue weighted by molar-refractivity contribution is 5.21. The fourth-order valence-electron chi connectivity index (χ4n) is 1.86. The number of aryl methyl sites for hydroxylation is 3. The van der Waals surface area contributed by atoms with Gasteiger partial charge in [0.2, 0.25) is 0 Å². The van der Waals surface area contributed by atoms with E-state index in [0.29, 0.717) is 0 Å². The van der Waals surface area contributed by atoms with Crippen LogP contribution in [0.5, 0.6) is 0 Å². The Morgan fingerprint density at radius 1 is 1.25 bits per heavy atom. The number of pyridine rings is 1. The third-order valence-electron chi connectivity index (χ3n) is 2.73. The lowest BCUT2D eigenvalue weighted by molar-refractivity contribution is 0.668. The van der Waals surface area contributed by atoms with Gasteiger partial charge in [-0.25, -0.2) is 4.98 Å². The molecule has 0 saturated carbocycles. The van der Waals surface area contributed by atoms with Crippen LogP contribution in [-0.2, 0) is 12.8 Å². The average molecular weight is 215 g/mol. The number of rotatable bonds is 0. The number of H-pyrrole nitrogens is 1. The molecular formula is C13H17N3. The Bertz CT molecular complexity index is 396. The number of hydrogen-bond donors (Lipinski definition) is 1. The van der Waals surface area contributed by atoms with Gasteiger partial charge in [-0.2, -0.15) is 0 Å². The summed E-state index contributed by atoms with van der Waals surface area (Å²) in [6, 6.07) is 4.23. The standard InChI is InChI=1S/C9H11N.C4H6N2/c1-2-6-9-8(4-1)5-3-7-10-9;1-4-2-5-3-6-4/h3,5,7H,1-2,4,6H2;2-3H,1H3,(H,5,6). The number of nitrogens with zero attached hydrogens (tertiary/aromatic N) is 2. The summed E-state index contributed by atoms with van der Waals surface area (Å²) in [5.74, 6) is 0. The molecule has 3 heteroatoms. The smallest absolute Gasteiger partial charge is 0.0921 e. The molecular weight excluding hydrogens is 198 g/mol. The van der Waals surface area contributed by atoms with Crippen LogP contribution >= 0.6 is 0 Å². The first kappa shape index (κ1) is 10.9. The molecule has 1 aliphatic rings. The fourth-order valence-corrected chi connectivity index (χ4v) is 1.86. The molecule has 1 aliphatic carbocycles. The summed E-state index contributed by atoms with van der Waals surface area (Å²) in [7, 11) is 0. The van der Waals surface area contributed by atoms with Crippen LogP contribution in [0.4, 0.5) is 0 Å². The minimum absolute atomic E-state index is 1.11. The second-order valence-corrected chi connectivity index (χ2v) is 4.05. The summed E-state index contributed by atoms with van der Waals surface area (Å²) in [6.07, 6.45) is 10.4. The van der Waals surface area contributed by atoms with Crippen LogP contribution in [0.2, 0.25) is 0 Å². The van der Waals surface area contributed by atoms with E-state index in [9.17, 15) is 0 Å². The zero-order chi connectivity index (χ0) is 11.2. The van der Waals surface area contributed by atoms with Crippen LogP contribution in [-0.4, -0.2) is 15.0 Å². The molecule has 0 unspecified atom stereocenters. The summed E-state index contributed by atoms with van der Waals surface area (Å²) in [5, 5.41) is 0. The highest BCUT2D eigenvalue weighted by atomic mass is 14.8. The second kappa shape index (κ2) is 5.45. The lowest BCUT2D eigenvalue weighted by Gasteiger charge is -2.12. The quantitative estimate of drug-likeness (QED) is 0.734. The van der Waals surface area contributed by atoms with E-state index < -0.39 is 0 Å². The van der Waals surface area contributed by atoms with Gasteiger partial charge < -0.3 is 4.98 Å². The number of nitrogens with one attached hydrogen (secondary N) is 1. The number of hydrogen-bond acceptors (Lipinski definition) is 2. The van der Waals surface area contributed by atoms with E-state index in [1.807, 2.05) is 19.2 Å². The van der Waals surface area contributed by atoms with Gasteiger partial charge in [0.05, 0.1) is 6.33 Å². The Morgan fingerprint density at radius 2 is 2.12 bits per heavy atom. The van der Waals surface area contributed by atoms with Crippen molar-refractivity contribution in [3.8, 4) is 0 Å². The Balaban J connectivity index is 0.000000138. The van der Waals surface area contributed by atoms with Crippen molar-refractivity contribution in [1.29, 1.82) is 0 Å². The minimum Gasteiger partial charge on any atom is -0.349 e. The predicted octanol–water partition coefficient (Wildman–Crippen LogP) is 2.68. The summed E-state index contributed by atoms with van der Waals surface area (Å²) < 4.78 is 0. The van der Waals surface area contributed by atoms with Gasteiger partial charge in [-0.1, -0.05) is 6.07 Å². The maximum Gasteiger partial charge on any atom is 0.0921 e. The van der Waals surface area contributed by atoms with Crippen LogP contribution in [0.3, 0.4) is 0 Å². The number of fused-ring (bicyclic) bond motifs is 1. The van der Waals surface area contributed by atoms with Crippen molar-refractivity contribution in [2.45, 2.75) is 32.6 Å². The molecule has 0 aromatic carbocycles. The van der Waals surface area contributed by atoms with Crippen molar-refractivity contribution in [3.63, 3.8) is 0 Å². The molecule has 1 N–H and O–H groups in total. The second-order valence-electron chi connectivity index (χ2n) is 4.05. The molecule has 3 rings (SSSR count). The normalized spacial score (nSPS) is 13.6. The van der Waals surface area contributed by atoms with E-state index >= 15 is 0 Å². The van der Waals surface area contributed by atoms with E-state index in [1.54, 1.807) is 12.5 Å². The molecule has 0 aliphatic heterocycles. The number of imidazole rings is 1. The van der Waals surface area contributed by atoms with Gasteiger partial charge in [-0.3, -0.25) is 4.98 Å². The number of aromatic nitrogens is 3. The molecule has 0 atom stereocenters. The molecule has 16 heavy (non-hydrogen) atoms. The number of aromatic amines is 1. The zero-order valence-corrected chi connectivity index (χ0v) is 9.61. The van der Waals surface area contributed by atoms with E-state index in [0.717, 1.165) is 5.69 Å². The van der Waals surface area contributed by atoms with Crippen molar-refractivity contribution in [3.05, 3.63) is 47.8 Å². The molecule has 84 valence electrons. The molecule has 0 saturated heterocycles. The molecule has 0 fully saturated rings. The van der Waals surface area contributed by atoms with Crippen molar-refractivity contribution in [2.75, 3.05) is 0 Å². The highest BCUT2D eigenvalue weighted by Gasteiger charge is 2.07. The van der Waals surface area contributed by atoms with Crippen LogP contribution in [0.1, 0.15) is 29.8 Å². The Labute approximate surface area is 96.0 Å². The minimum atomic E-state index is 1.11. The Morgan fingerprint density at radius 3 is 2.75 bits per heavy atom. The summed E-state index contributed by atoms with van der Waals surface area (Å²) in [5.41, 5.74) is 3.90. The average Bonchev–Trinajstić information content (AvgIpc) is 2.81. The fraction of sp³-hybridized carbons (Fsp3) is 0.385. The van der Waals surface area contributed by atoms with Crippen molar-refractivity contribution in [2.24, 2.45) is 0 Å². The lowest BCUT2D eigenvalue weighted by atomic mass is 9.96. The maximum absolute atomic E-state index is 4.32. The third kappa shape index (κ3) is 2.92. The highest BCUT2D eigenvalue weighted by Crippen LogP contribution is 2.17. The van der Waals surface area contributed by atoms with E-state index in [4.69, 9.17) is 0 Å². The first-order valence-corrected chi connectivity index (χ1v) is 5.74. The van der Waals surface area contributed by atoms with Crippen LogP contribution in [0.25, 0.3) is 0 Å². The molecule has 0 spiro atoms. The summed E-state index contributed by atoms with van der Waals surface area (Å²) >= 11 is 0. The molecule has 0 bridgehead atoms. The van der Waals surface area contributed by atoms with Gasteiger partial charge in [0.15, 0.2) is 0 Å². The molecule has 2 heterocycles. The first-order valence-electron chi connectivity index (χ1n) is 5.74. The lowest BCUT2D eigenvalue weighted by Crippen LogP contribution is -2.03. The SMILES string of the molecule is Cc1cnc[nH]1.c1cnc2c(c1)CCCC2. The largest absolute Gasteiger partial charge is 0.349 e. The molecule has 2 aromatic heterocycles. The monoisotopic (exact) mass is 215 g/mol. The topological polar surface area (TPSA) is 41.6 Å². The van der Waals surface area contributed by atoms with E-state index in [1.165, 1.54) is 36.9 Å². The predicted molar refractivity (Wildman–Crippen MR) is 64.2 cm³/mol. The zero-order valence-electron chi connectivity index (χ0n) is 9.61.